The van der Waals surface area contributed by atoms with E-state index in [0.717, 1.165) is 29.7 Å². The molecule has 2 aromatic heterocycles. The fraction of sp³-hybridized carbons (Fsp3) is 0.394. The fourth-order valence-electron chi connectivity index (χ4n) is 11.4. The summed E-state index contributed by atoms with van der Waals surface area (Å²) in [6.45, 7) is 8.62. The molecule has 0 spiro atoms. The lowest BCUT2D eigenvalue weighted by Gasteiger charge is -2.38. The van der Waals surface area contributed by atoms with Crippen molar-refractivity contribution >= 4 is 70.3 Å². The van der Waals surface area contributed by atoms with Crippen molar-refractivity contribution in [3.8, 4) is 23.1 Å². The minimum Gasteiger partial charge on any atom is -0.508 e. The number of azide groups is 1. The normalized spacial score (nSPS) is 13.4. The molecule has 25 nitrogen and oxygen atoms in total. The van der Waals surface area contributed by atoms with Crippen molar-refractivity contribution in [2.24, 2.45) is 30.9 Å². The van der Waals surface area contributed by atoms with Gasteiger partial charge in [-0.05, 0) is 148 Å². The Kier molecular flexibility index (Phi) is 24.0. The van der Waals surface area contributed by atoms with Crippen molar-refractivity contribution in [1.29, 1.82) is 5.26 Å². The topological polar surface area (TPSA) is 336 Å². The number of alkyl carbamates (subject to hydrolysis) is 1. The Labute approximate surface area is 540 Å². The maximum absolute atomic E-state index is 15.4. The van der Waals surface area contributed by atoms with Gasteiger partial charge in [0.15, 0.2) is 0 Å². The van der Waals surface area contributed by atoms with E-state index in [1.54, 1.807) is 74.0 Å². The molecule has 0 radical (unpaired) electrons. The number of amides is 8. The predicted molar refractivity (Wildman–Crippen MR) is 350 cm³/mol. The number of halogens is 1. The van der Waals surface area contributed by atoms with Crippen LogP contribution in [0.4, 0.5) is 26.7 Å². The smallest absolute Gasteiger partial charge is 0.407 e. The van der Waals surface area contributed by atoms with E-state index in [-0.39, 0.29) is 56.1 Å². The van der Waals surface area contributed by atoms with Crippen LogP contribution in [0.2, 0.25) is 5.02 Å². The van der Waals surface area contributed by atoms with Gasteiger partial charge >= 0.3 is 12.1 Å². The summed E-state index contributed by atoms with van der Waals surface area (Å²) in [7, 11) is 9.74. The van der Waals surface area contributed by atoms with Crippen molar-refractivity contribution in [3.05, 3.63) is 163 Å². The lowest BCUT2D eigenvalue weighted by atomic mass is 9.90. The number of carbonyl (C=O) groups is 7. The van der Waals surface area contributed by atoms with Gasteiger partial charge in [0.1, 0.15) is 42.7 Å². The summed E-state index contributed by atoms with van der Waals surface area (Å²) in [6, 6.07) is 27.9. The summed E-state index contributed by atoms with van der Waals surface area (Å²) in [5, 5.41) is 40.2. The summed E-state index contributed by atoms with van der Waals surface area (Å²) in [5.74, 6) is -2.86. The number of phenols is 1. The minimum atomic E-state index is -1.11. The molecule has 92 heavy (non-hydrogen) atoms. The summed E-state index contributed by atoms with van der Waals surface area (Å²) in [6.07, 6.45) is 1.53. The molecule has 0 saturated carbocycles. The van der Waals surface area contributed by atoms with Gasteiger partial charge in [-0.2, -0.15) is 5.26 Å². The number of fused-ring (bicyclic) bond motifs is 1. The van der Waals surface area contributed by atoms with Crippen LogP contribution >= 0.6 is 11.6 Å². The molecule has 0 fully saturated rings. The first kappa shape index (κ1) is 69.6. The van der Waals surface area contributed by atoms with E-state index in [9.17, 15) is 34.3 Å². The van der Waals surface area contributed by atoms with Crippen molar-refractivity contribution in [3.63, 3.8) is 0 Å². The number of phenolic OH excluding ortho intramolecular Hbond substituents is 1. The molecule has 486 valence electrons. The highest BCUT2D eigenvalue weighted by atomic mass is 35.5. The van der Waals surface area contributed by atoms with Crippen LogP contribution in [0, 0.1) is 31.1 Å². The summed E-state index contributed by atoms with van der Waals surface area (Å²) in [5.41, 5.74) is 23.0. The Morgan fingerprint density at radius 2 is 1.62 bits per heavy atom. The lowest BCUT2D eigenvalue weighted by Crippen LogP contribution is -2.55. The highest BCUT2D eigenvalue weighted by molar-refractivity contribution is 6.31. The van der Waals surface area contributed by atoms with Gasteiger partial charge in [-0.15, -0.1) is 0 Å². The lowest BCUT2D eigenvalue weighted by molar-refractivity contribution is -0.903. The highest BCUT2D eigenvalue weighted by Crippen LogP contribution is 2.38. The molecule has 0 aliphatic carbocycles. The van der Waals surface area contributed by atoms with Gasteiger partial charge in [-0.25, -0.2) is 9.59 Å². The van der Waals surface area contributed by atoms with E-state index in [0.29, 0.717) is 98.5 Å². The van der Waals surface area contributed by atoms with Gasteiger partial charge in [0.05, 0.1) is 45.0 Å². The number of ether oxygens (including phenoxy) is 1. The number of rotatable bonds is 28. The largest absolute Gasteiger partial charge is 0.508 e. The number of hydrogen-bond donors (Lipinski definition) is 8. The number of nitrogens with zero attached hydrogens (tertiary/aromatic N) is 9. The van der Waals surface area contributed by atoms with Gasteiger partial charge in [0.25, 0.3) is 11.8 Å². The van der Waals surface area contributed by atoms with Gasteiger partial charge in [-0.3, -0.25) is 28.9 Å². The third-order valence-corrected chi connectivity index (χ3v) is 16.8. The maximum atomic E-state index is 15.4. The fourth-order valence-corrected chi connectivity index (χ4v) is 11.6. The summed E-state index contributed by atoms with van der Waals surface area (Å²) >= 11 is 6.79. The molecule has 0 saturated heterocycles. The second-order valence-electron chi connectivity index (χ2n) is 23.9. The van der Waals surface area contributed by atoms with Crippen LogP contribution in [0.3, 0.4) is 0 Å². The zero-order chi connectivity index (χ0) is 67.0. The van der Waals surface area contributed by atoms with E-state index < -0.39 is 54.4 Å². The summed E-state index contributed by atoms with van der Waals surface area (Å²) < 4.78 is 9.05. The van der Waals surface area contributed by atoms with Crippen LogP contribution in [0.1, 0.15) is 99.6 Å². The van der Waals surface area contributed by atoms with E-state index in [1.807, 2.05) is 61.7 Å². The Morgan fingerprint density at radius 1 is 0.891 bits per heavy atom. The number of anilines is 3. The molecule has 1 aliphatic heterocycles. The molecule has 7 rings (SSSR count). The number of aromatic hydroxyl groups is 1. The van der Waals surface area contributed by atoms with Crippen molar-refractivity contribution in [2.45, 2.75) is 97.6 Å². The number of benzene rings is 4. The van der Waals surface area contributed by atoms with Crippen LogP contribution in [-0.2, 0) is 59.3 Å². The number of carbonyl (C=O) groups excluding carboxylic acids is 7. The first-order valence-corrected chi connectivity index (χ1v) is 30.7. The Bertz CT molecular complexity index is 3790. The molecular weight excluding hydrogens is 1200 g/mol. The maximum Gasteiger partial charge on any atom is 0.407 e. The molecule has 4 aromatic carbocycles. The monoisotopic (exact) mass is 1280 g/mol. The molecule has 3 atom stereocenters. The third-order valence-electron chi connectivity index (χ3n) is 16.5. The average molecular weight is 1280 g/mol. The zero-order valence-electron chi connectivity index (χ0n) is 53.4. The van der Waals surface area contributed by atoms with Crippen LogP contribution in [0.25, 0.3) is 21.7 Å². The van der Waals surface area contributed by atoms with Crippen LogP contribution in [0.15, 0.2) is 102 Å². The number of aromatic nitrogens is 2. The van der Waals surface area contributed by atoms with Crippen molar-refractivity contribution < 1.29 is 47.9 Å². The Morgan fingerprint density at radius 3 is 2.29 bits per heavy atom. The van der Waals surface area contributed by atoms with Gasteiger partial charge in [-0.1, -0.05) is 60.9 Å². The third kappa shape index (κ3) is 17.8. The first-order valence-electron chi connectivity index (χ1n) is 30.3. The number of quaternary nitrogens is 1. The minimum absolute atomic E-state index is 0.0286. The van der Waals surface area contributed by atoms with E-state index in [4.69, 9.17) is 27.6 Å². The van der Waals surface area contributed by atoms with E-state index in [2.05, 4.69) is 74.2 Å². The number of primary amides is 1. The SMILES string of the molecule is CNCc1cc(NC(=O)[C@H](CCCNC(N)=O)NC(=O)[C@@H](NC(=O)CNC(=O)OCCN=[N+]=[N-])C(C)C)ccc1C[N+](C)(C)CCC[C@@H]1Cc2ccccc2CN1C(=O)c1ccc(Cl)cc1-c1cc(C(=O)N(c2ccc(O)cc2)c2cc(C#N)n(C)c2C)c(C)n1C. The molecule has 3 heterocycles. The molecule has 0 bridgehead atoms. The standard InChI is InChI=1S/C66H81ClN16O9/c1-40(2)60(77-59(85)37-73-66(91)92-29-27-74-78-70)62(87)76-56(17-12-26-72-65(69)90)61(86)75-48-20-18-45(46(30-48)36-71-5)39-83(8,9)28-13-16-50-31-43-14-10-11-15-44(43)38-81(50)63(88)53-25-19-47(67)32-55(53)58-34-54(41(3)80(58)7)64(89)82(49-21-23-52(84)24-22-49)57-33-51(35-68)79(6)42(57)4/h10-11,14-15,18-25,30,32-34,40,50,56,60,71H,12-13,16-17,26-29,31,36-39H2,1-9H3,(H7-,69,72,73,75,76,77,84,85,86,87,90,91)/p+1/t50-,56+,60+/m1/s1. The highest BCUT2D eigenvalue weighted by Gasteiger charge is 2.35. The Balaban J connectivity index is 1.06. The first-order chi connectivity index (χ1) is 43.8. The number of urea groups is 1. The Hall–Kier alpha value is -9.86. The second-order valence-corrected chi connectivity index (χ2v) is 24.3. The van der Waals surface area contributed by atoms with Crippen LogP contribution < -0.4 is 42.5 Å². The van der Waals surface area contributed by atoms with Crippen molar-refractivity contribution in [2.75, 3.05) is 64.1 Å². The quantitative estimate of drug-likeness (QED) is 0.00760. The number of hydrogen-bond acceptors (Lipinski definition) is 12. The van der Waals surface area contributed by atoms with Crippen molar-refractivity contribution in [1.82, 2.24) is 40.6 Å². The molecular formula is C66H82ClN16O9+. The predicted octanol–water partition coefficient (Wildman–Crippen LogP) is 8.25. The van der Waals surface area contributed by atoms with Gasteiger partial charge < -0.3 is 66.0 Å². The van der Waals surface area contributed by atoms with Crippen LogP contribution in [0.5, 0.6) is 5.75 Å². The molecule has 9 N–H and O–H groups in total. The van der Waals surface area contributed by atoms with E-state index in [1.165, 1.54) is 22.6 Å². The zero-order valence-corrected chi connectivity index (χ0v) is 54.2. The number of nitriles is 1. The molecule has 1 aliphatic rings. The molecule has 0 unspecified atom stereocenters. The molecule has 8 amide bonds. The molecule has 26 heteroatoms. The average Bonchev–Trinajstić information content (AvgIpc) is 1.54. The van der Waals surface area contributed by atoms with Gasteiger partial charge in [0.2, 0.25) is 17.7 Å². The second kappa shape index (κ2) is 31.7. The number of nitrogens with two attached hydrogens (primary N) is 1. The van der Waals surface area contributed by atoms with Gasteiger partial charge in [0, 0.05) is 94.9 Å². The van der Waals surface area contributed by atoms with Crippen LogP contribution in [-0.4, -0.2) is 137 Å². The summed E-state index contributed by atoms with van der Waals surface area (Å²) in [4.78, 5) is 101. The number of nitrogens with one attached hydrogen (secondary N) is 6. The molecule has 6 aromatic rings. The van der Waals surface area contributed by atoms with E-state index >= 15 is 9.59 Å².